The van der Waals surface area contributed by atoms with Gasteiger partial charge in [0, 0.05) is 22.9 Å². The molecule has 0 fully saturated rings. The first-order chi connectivity index (χ1) is 13.3. The molecule has 3 aromatic rings. The third kappa shape index (κ3) is 2.77. The first-order valence-electron chi connectivity index (χ1n) is 8.86. The fraction of sp³-hybridized carbons (Fsp3) is 0.136. The molecule has 1 amide bonds. The van der Waals surface area contributed by atoms with Crippen LogP contribution < -0.4 is 19.5 Å². The zero-order valence-corrected chi connectivity index (χ0v) is 14.5. The summed E-state index contributed by atoms with van der Waals surface area (Å²) >= 11 is 0. The summed E-state index contributed by atoms with van der Waals surface area (Å²) in [5.74, 6) is 2.19. The SMILES string of the molecule is O=C(Nc1ccc2c(c1)OCCO2)C1c2ccccc2Oc2ccccc21. The van der Waals surface area contributed by atoms with Crippen molar-refractivity contribution in [2.45, 2.75) is 5.92 Å². The van der Waals surface area contributed by atoms with Gasteiger partial charge in [0.2, 0.25) is 5.91 Å². The van der Waals surface area contributed by atoms with Gasteiger partial charge in [-0.1, -0.05) is 36.4 Å². The lowest BCUT2D eigenvalue weighted by atomic mass is 9.87. The number of nitrogens with one attached hydrogen (secondary N) is 1. The molecule has 2 aliphatic rings. The third-order valence-electron chi connectivity index (χ3n) is 4.75. The molecule has 0 radical (unpaired) electrons. The van der Waals surface area contributed by atoms with Crippen molar-refractivity contribution >= 4 is 11.6 Å². The normalized spacial score (nSPS) is 14.5. The van der Waals surface area contributed by atoms with E-state index in [1.165, 1.54) is 0 Å². The Morgan fingerprint density at radius 1 is 0.778 bits per heavy atom. The lowest BCUT2D eigenvalue weighted by Gasteiger charge is -2.27. The smallest absolute Gasteiger partial charge is 0.236 e. The molecule has 1 N–H and O–H groups in total. The average molecular weight is 359 g/mol. The van der Waals surface area contributed by atoms with Gasteiger partial charge in [0.25, 0.3) is 0 Å². The number of benzene rings is 3. The van der Waals surface area contributed by atoms with Crippen molar-refractivity contribution in [2.24, 2.45) is 0 Å². The van der Waals surface area contributed by atoms with Crippen molar-refractivity contribution in [3.63, 3.8) is 0 Å². The van der Waals surface area contributed by atoms with Crippen LogP contribution in [0.4, 0.5) is 5.69 Å². The van der Waals surface area contributed by atoms with Crippen molar-refractivity contribution in [1.82, 2.24) is 0 Å². The number of rotatable bonds is 2. The number of anilines is 1. The highest BCUT2D eigenvalue weighted by molar-refractivity contribution is 5.99. The second-order valence-electron chi connectivity index (χ2n) is 6.46. The Balaban J connectivity index is 1.50. The fourth-order valence-electron chi connectivity index (χ4n) is 3.53. The van der Waals surface area contributed by atoms with Crippen LogP contribution in [0.25, 0.3) is 0 Å². The van der Waals surface area contributed by atoms with E-state index in [2.05, 4.69) is 5.32 Å². The molecule has 0 spiro atoms. The van der Waals surface area contributed by atoms with Gasteiger partial charge in [-0.05, 0) is 24.3 Å². The number of hydrogen-bond donors (Lipinski definition) is 1. The van der Waals surface area contributed by atoms with Crippen molar-refractivity contribution in [1.29, 1.82) is 0 Å². The van der Waals surface area contributed by atoms with Gasteiger partial charge in [-0.15, -0.1) is 0 Å². The van der Waals surface area contributed by atoms with Gasteiger partial charge in [-0.3, -0.25) is 4.79 Å². The van der Waals surface area contributed by atoms with E-state index in [-0.39, 0.29) is 5.91 Å². The molecule has 5 heteroatoms. The first kappa shape index (κ1) is 15.8. The third-order valence-corrected chi connectivity index (χ3v) is 4.75. The molecule has 0 saturated carbocycles. The number of amides is 1. The van der Waals surface area contributed by atoms with Gasteiger partial charge in [0.15, 0.2) is 11.5 Å². The number of fused-ring (bicyclic) bond motifs is 3. The molecule has 2 aliphatic heterocycles. The van der Waals surface area contributed by atoms with E-state index >= 15 is 0 Å². The second-order valence-corrected chi connectivity index (χ2v) is 6.46. The lowest BCUT2D eigenvalue weighted by Crippen LogP contribution is -2.25. The van der Waals surface area contributed by atoms with Crippen LogP contribution >= 0.6 is 0 Å². The first-order valence-corrected chi connectivity index (χ1v) is 8.86. The van der Waals surface area contributed by atoms with E-state index < -0.39 is 5.92 Å². The maximum atomic E-state index is 13.2. The van der Waals surface area contributed by atoms with E-state index in [1.54, 1.807) is 6.07 Å². The Morgan fingerprint density at radius 2 is 1.41 bits per heavy atom. The summed E-state index contributed by atoms with van der Waals surface area (Å²) in [4.78, 5) is 13.2. The van der Waals surface area contributed by atoms with E-state index in [9.17, 15) is 4.79 Å². The number of hydrogen-bond acceptors (Lipinski definition) is 4. The van der Waals surface area contributed by atoms with Crippen LogP contribution in [0.15, 0.2) is 66.7 Å². The van der Waals surface area contributed by atoms with Crippen LogP contribution in [0.1, 0.15) is 17.0 Å². The Labute approximate surface area is 156 Å². The molecule has 5 rings (SSSR count). The molecule has 0 aliphatic carbocycles. The Bertz CT molecular complexity index is 985. The molecule has 0 unspecified atom stereocenters. The van der Waals surface area contributed by atoms with Gasteiger partial charge in [-0.2, -0.15) is 0 Å². The van der Waals surface area contributed by atoms with Gasteiger partial charge in [0.1, 0.15) is 24.7 Å². The Hall–Kier alpha value is -3.47. The quantitative estimate of drug-likeness (QED) is 0.740. The molecule has 0 bridgehead atoms. The van der Waals surface area contributed by atoms with Gasteiger partial charge < -0.3 is 19.5 Å². The van der Waals surface area contributed by atoms with Gasteiger partial charge >= 0.3 is 0 Å². The van der Waals surface area contributed by atoms with Crippen LogP contribution in [0.5, 0.6) is 23.0 Å². The van der Waals surface area contributed by atoms with Crippen LogP contribution in [0, 0.1) is 0 Å². The second kappa shape index (κ2) is 6.36. The molecule has 2 heterocycles. The summed E-state index contributed by atoms with van der Waals surface area (Å²) in [7, 11) is 0. The summed E-state index contributed by atoms with van der Waals surface area (Å²) < 4.78 is 17.1. The highest BCUT2D eigenvalue weighted by Gasteiger charge is 2.32. The topological polar surface area (TPSA) is 56.8 Å². The molecule has 27 heavy (non-hydrogen) atoms. The maximum absolute atomic E-state index is 13.2. The minimum Gasteiger partial charge on any atom is -0.486 e. The minimum atomic E-state index is -0.445. The molecule has 0 saturated heterocycles. The summed E-state index contributed by atoms with van der Waals surface area (Å²) in [5.41, 5.74) is 2.38. The predicted octanol–water partition coefficient (Wildman–Crippen LogP) is 4.33. The predicted molar refractivity (Wildman–Crippen MR) is 101 cm³/mol. The van der Waals surface area contributed by atoms with Crippen LogP contribution in [-0.4, -0.2) is 19.1 Å². The van der Waals surface area contributed by atoms with E-state index in [0.29, 0.717) is 41.9 Å². The Morgan fingerprint density at radius 3 is 2.11 bits per heavy atom. The molecular formula is C22H17NO4. The average Bonchev–Trinajstić information content (AvgIpc) is 2.71. The highest BCUT2D eigenvalue weighted by Crippen LogP contribution is 2.44. The fourth-order valence-corrected chi connectivity index (χ4v) is 3.53. The molecule has 3 aromatic carbocycles. The van der Waals surface area contributed by atoms with Crippen molar-refractivity contribution in [2.75, 3.05) is 18.5 Å². The number of ether oxygens (including phenoxy) is 3. The summed E-state index contributed by atoms with van der Waals surface area (Å²) in [6, 6.07) is 20.7. The lowest BCUT2D eigenvalue weighted by molar-refractivity contribution is -0.116. The van der Waals surface area contributed by atoms with E-state index in [0.717, 1.165) is 11.1 Å². The summed E-state index contributed by atoms with van der Waals surface area (Å²) in [5, 5.41) is 3.01. The van der Waals surface area contributed by atoms with Crippen molar-refractivity contribution in [3.8, 4) is 23.0 Å². The summed E-state index contributed by atoms with van der Waals surface area (Å²) in [6.45, 7) is 1.04. The highest BCUT2D eigenvalue weighted by atomic mass is 16.6. The zero-order chi connectivity index (χ0) is 18.2. The number of para-hydroxylation sites is 2. The molecule has 5 nitrogen and oxygen atoms in total. The molecule has 0 atom stereocenters. The largest absolute Gasteiger partial charge is 0.486 e. The van der Waals surface area contributed by atoms with Crippen molar-refractivity contribution < 1.29 is 19.0 Å². The molecule has 0 aromatic heterocycles. The van der Waals surface area contributed by atoms with Crippen molar-refractivity contribution in [3.05, 3.63) is 77.9 Å². The Kier molecular flexibility index (Phi) is 3.71. The minimum absolute atomic E-state index is 0.116. The van der Waals surface area contributed by atoms with Crippen LogP contribution in [0.3, 0.4) is 0 Å². The number of carbonyl (C=O) groups excluding carboxylic acids is 1. The zero-order valence-electron chi connectivity index (χ0n) is 14.5. The summed E-state index contributed by atoms with van der Waals surface area (Å²) in [6.07, 6.45) is 0. The van der Waals surface area contributed by atoms with Gasteiger partial charge in [0.05, 0.1) is 5.92 Å². The number of carbonyl (C=O) groups is 1. The molecular weight excluding hydrogens is 342 g/mol. The maximum Gasteiger partial charge on any atom is 0.236 e. The van der Waals surface area contributed by atoms with E-state index in [1.807, 2.05) is 60.7 Å². The monoisotopic (exact) mass is 359 g/mol. The molecule has 134 valence electrons. The standard InChI is InChI=1S/C22H17NO4/c24-22(23-14-9-10-19-20(13-14)26-12-11-25-19)21-15-5-1-3-7-17(15)27-18-8-4-2-6-16(18)21/h1-10,13,21H,11-12H2,(H,23,24). The van der Waals surface area contributed by atoms with E-state index in [4.69, 9.17) is 14.2 Å². The van der Waals surface area contributed by atoms with Gasteiger partial charge in [-0.25, -0.2) is 0 Å². The van der Waals surface area contributed by atoms with Crippen LogP contribution in [0.2, 0.25) is 0 Å². The van der Waals surface area contributed by atoms with Crippen LogP contribution in [-0.2, 0) is 4.79 Å².